The lowest BCUT2D eigenvalue weighted by Gasteiger charge is -2.40. The van der Waals surface area contributed by atoms with Crippen molar-refractivity contribution in [3.8, 4) is 0 Å². The van der Waals surface area contributed by atoms with Crippen LogP contribution in [0, 0.1) is 11.6 Å². The van der Waals surface area contributed by atoms with Gasteiger partial charge in [-0.1, -0.05) is 6.07 Å². The zero-order valence-electron chi connectivity index (χ0n) is 19.2. The van der Waals surface area contributed by atoms with E-state index in [9.17, 15) is 27.2 Å². The molecule has 1 unspecified atom stereocenters. The number of benzene rings is 1. The molecule has 3 aromatic rings. The molecule has 1 fully saturated rings. The van der Waals surface area contributed by atoms with E-state index in [4.69, 9.17) is 0 Å². The SMILES string of the molecule is CC(C(=O)Nc1cn(Cc2cc(F)cc(F)c2)cn1)N1CCC(F)(F)[C@H](c2ccc(=O)n(C)c2)C1. The number of aryl methyl sites for hydroxylation is 1. The molecule has 1 amide bonds. The van der Waals surface area contributed by atoms with Crippen LogP contribution in [0.3, 0.4) is 0 Å². The van der Waals surface area contributed by atoms with E-state index in [2.05, 4.69) is 10.3 Å². The lowest BCUT2D eigenvalue weighted by Crippen LogP contribution is -2.52. The van der Waals surface area contributed by atoms with E-state index in [1.165, 1.54) is 54.6 Å². The third kappa shape index (κ3) is 5.61. The summed E-state index contributed by atoms with van der Waals surface area (Å²) in [5.74, 6) is -5.70. The number of piperidine rings is 1. The monoisotopic (exact) mass is 491 g/mol. The molecule has 1 saturated heterocycles. The third-order valence-electron chi connectivity index (χ3n) is 6.27. The van der Waals surface area contributed by atoms with Crippen molar-refractivity contribution >= 4 is 11.7 Å². The fourth-order valence-corrected chi connectivity index (χ4v) is 4.27. The van der Waals surface area contributed by atoms with Crippen molar-refractivity contribution in [2.45, 2.75) is 37.8 Å². The highest BCUT2D eigenvalue weighted by molar-refractivity contribution is 5.93. The van der Waals surface area contributed by atoms with Crippen molar-refractivity contribution in [3.63, 3.8) is 0 Å². The van der Waals surface area contributed by atoms with Crippen LogP contribution in [-0.4, -0.2) is 50.0 Å². The van der Waals surface area contributed by atoms with Gasteiger partial charge in [0.2, 0.25) is 11.5 Å². The van der Waals surface area contributed by atoms with E-state index in [1.807, 2.05) is 0 Å². The summed E-state index contributed by atoms with van der Waals surface area (Å²) in [6.07, 6.45) is 3.93. The number of anilines is 1. The summed E-state index contributed by atoms with van der Waals surface area (Å²) in [6.45, 7) is 1.75. The van der Waals surface area contributed by atoms with Crippen molar-refractivity contribution in [1.29, 1.82) is 0 Å². The average molecular weight is 491 g/mol. The topological polar surface area (TPSA) is 72.2 Å². The number of carbonyl (C=O) groups excluding carboxylic acids is 1. The Labute approximate surface area is 199 Å². The van der Waals surface area contributed by atoms with Gasteiger partial charge in [0.1, 0.15) is 11.6 Å². The third-order valence-corrected chi connectivity index (χ3v) is 6.27. The van der Waals surface area contributed by atoms with Gasteiger partial charge in [-0.15, -0.1) is 0 Å². The minimum Gasteiger partial charge on any atom is -0.331 e. The zero-order valence-corrected chi connectivity index (χ0v) is 19.2. The Morgan fingerprint density at radius 2 is 1.91 bits per heavy atom. The lowest BCUT2D eigenvalue weighted by atomic mass is 9.87. The minimum atomic E-state index is -2.97. The number of aromatic nitrogens is 3. The van der Waals surface area contributed by atoms with E-state index in [0.717, 1.165) is 6.07 Å². The number of rotatable bonds is 6. The first-order valence-electron chi connectivity index (χ1n) is 11.1. The number of amides is 1. The van der Waals surface area contributed by atoms with Crippen molar-refractivity contribution in [1.82, 2.24) is 19.0 Å². The van der Waals surface area contributed by atoms with E-state index in [1.54, 1.807) is 16.4 Å². The predicted octanol–water partition coefficient (Wildman–Crippen LogP) is 3.36. The van der Waals surface area contributed by atoms with Gasteiger partial charge in [-0.2, -0.15) is 0 Å². The zero-order chi connectivity index (χ0) is 25.3. The van der Waals surface area contributed by atoms with E-state index < -0.39 is 41.8 Å². The number of halogens is 4. The first-order chi connectivity index (χ1) is 16.5. The van der Waals surface area contributed by atoms with Gasteiger partial charge in [0.05, 0.1) is 18.3 Å². The van der Waals surface area contributed by atoms with Gasteiger partial charge in [0.25, 0.3) is 5.92 Å². The number of likely N-dealkylation sites (tertiary alicyclic amines) is 1. The second-order valence-corrected chi connectivity index (χ2v) is 8.84. The smallest absolute Gasteiger partial charge is 0.257 e. The Hall–Kier alpha value is -3.47. The van der Waals surface area contributed by atoms with E-state index in [0.29, 0.717) is 11.1 Å². The van der Waals surface area contributed by atoms with Crippen LogP contribution in [0.25, 0.3) is 0 Å². The maximum Gasteiger partial charge on any atom is 0.257 e. The Morgan fingerprint density at radius 1 is 1.20 bits per heavy atom. The van der Waals surface area contributed by atoms with Gasteiger partial charge in [-0.25, -0.2) is 22.5 Å². The van der Waals surface area contributed by atoms with Crippen LogP contribution in [-0.2, 0) is 18.4 Å². The van der Waals surface area contributed by atoms with Crippen molar-refractivity contribution < 1.29 is 22.4 Å². The van der Waals surface area contributed by atoms with Crippen LogP contribution in [0.5, 0.6) is 0 Å². The molecule has 1 aliphatic rings. The summed E-state index contributed by atoms with van der Waals surface area (Å²) < 4.78 is 59.1. The Kier molecular flexibility index (Phi) is 6.79. The van der Waals surface area contributed by atoms with Crippen LogP contribution < -0.4 is 10.9 Å². The second-order valence-electron chi connectivity index (χ2n) is 8.84. The number of pyridine rings is 1. The molecular weight excluding hydrogens is 466 g/mol. The molecule has 0 saturated carbocycles. The largest absolute Gasteiger partial charge is 0.331 e. The van der Waals surface area contributed by atoms with Crippen LogP contribution >= 0.6 is 0 Å². The first-order valence-corrected chi connectivity index (χ1v) is 11.1. The van der Waals surface area contributed by atoms with Gasteiger partial charge in [-0.3, -0.25) is 14.5 Å². The van der Waals surface area contributed by atoms with Crippen LogP contribution in [0.15, 0.2) is 53.8 Å². The molecule has 2 atom stereocenters. The quantitative estimate of drug-likeness (QED) is 0.537. The highest BCUT2D eigenvalue weighted by Crippen LogP contribution is 2.40. The number of nitrogens with one attached hydrogen (secondary N) is 1. The molecule has 3 heterocycles. The molecule has 1 aliphatic heterocycles. The van der Waals surface area contributed by atoms with Gasteiger partial charge >= 0.3 is 0 Å². The molecule has 11 heteroatoms. The number of hydrogen-bond acceptors (Lipinski definition) is 4. The average Bonchev–Trinajstić information content (AvgIpc) is 3.21. The maximum absolute atomic E-state index is 14.7. The summed E-state index contributed by atoms with van der Waals surface area (Å²) in [4.78, 5) is 30.3. The standard InChI is InChI=1S/C24H25F4N5O2/c1-15(33-6-5-24(27,28)20(12-33)17-3-4-22(34)31(2)11-17)23(35)30-21-13-32(14-29-21)10-16-7-18(25)9-19(26)8-16/h3-4,7-9,11,13-15,20H,5-6,10,12H2,1-2H3,(H,30,35)/t15?,20-/m0/s1. The van der Waals surface area contributed by atoms with Gasteiger partial charge in [0, 0.05) is 57.6 Å². The van der Waals surface area contributed by atoms with Crippen LogP contribution in [0.1, 0.15) is 30.4 Å². The highest BCUT2D eigenvalue weighted by atomic mass is 19.3. The summed E-state index contributed by atoms with van der Waals surface area (Å²) in [6, 6.07) is 5.14. The summed E-state index contributed by atoms with van der Waals surface area (Å²) in [5.41, 5.74) is 0.436. The fourth-order valence-electron chi connectivity index (χ4n) is 4.27. The molecule has 0 radical (unpaired) electrons. The van der Waals surface area contributed by atoms with Gasteiger partial charge in [-0.05, 0) is 30.2 Å². The second kappa shape index (κ2) is 9.65. The molecule has 35 heavy (non-hydrogen) atoms. The summed E-state index contributed by atoms with van der Waals surface area (Å²) >= 11 is 0. The maximum atomic E-state index is 14.7. The van der Waals surface area contributed by atoms with Crippen molar-refractivity contribution in [2.24, 2.45) is 7.05 Å². The fraction of sp³-hybridized carbons (Fsp3) is 0.375. The van der Waals surface area contributed by atoms with E-state index in [-0.39, 0.29) is 31.0 Å². The molecule has 1 aromatic carbocycles. The molecule has 2 aromatic heterocycles. The summed E-state index contributed by atoms with van der Waals surface area (Å²) in [5, 5.41) is 2.67. The number of nitrogens with zero attached hydrogens (tertiary/aromatic N) is 4. The van der Waals surface area contributed by atoms with Gasteiger partial charge in [0.15, 0.2) is 5.82 Å². The molecule has 0 aliphatic carbocycles. The number of imidazole rings is 1. The molecule has 0 spiro atoms. The molecule has 1 N–H and O–H groups in total. The molecule has 0 bridgehead atoms. The number of carbonyl (C=O) groups is 1. The normalized spacial score (nSPS) is 18.9. The minimum absolute atomic E-state index is 0.0312. The molecular formula is C24H25F4N5O2. The Balaban J connectivity index is 1.42. The van der Waals surface area contributed by atoms with E-state index >= 15 is 0 Å². The first kappa shape index (κ1) is 24.6. The van der Waals surface area contributed by atoms with Crippen LogP contribution in [0.4, 0.5) is 23.4 Å². The Bertz CT molecular complexity index is 1270. The van der Waals surface area contributed by atoms with Crippen LogP contribution in [0.2, 0.25) is 0 Å². The number of alkyl halides is 2. The van der Waals surface area contributed by atoms with Crippen molar-refractivity contribution in [2.75, 3.05) is 18.4 Å². The lowest BCUT2D eigenvalue weighted by molar-refractivity contribution is -0.125. The number of hydrogen-bond donors (Lipinski definition) is 1. The Morgan fingerprint density at radius 3 is 2.60 bits per heavy atom. The van der Waals surface area contributed by atoms with Gasteiger partial charge < -0.3 is 14.5 Å². The predicted molar refractivity (Wildman–Crippen MR) is 121 cm³/mol. The highest BCUT2D eigenvalue weighted by Gasteiger charge is 2.46. The summed E-state index contributed by atoms with van der Waals surface area (Å²) in [7, 11) is 1.50. The molecule has 186 valence electrons. The molecule has 7 nitrogen and oxygen atoms in total. The van der Waals surface area contributed by atoms with Crippen molar-refractivity contribution in [3.05, 3.63) is 82.2 Å². The molecule has 4 rings (SSSR count).